The van der Waals surface area contributed by atoms with Gasteiger partial charge in [-0.25, -0.2) is 0 Å². The van der Waals surface area contributed by atoms with E-state index in [4.69, 9.17) is 0 Å². The lowest BCUT2D eigenvalue weighted by molar-refractivity contribution is -0.118. The third-order valence-corrected chi connectivity index (χ3v) is 3.71. The van der Waals surface area contributed by atoms with E-state index in [0.717, 1.165) is 17.8 Å². The first kappa shape index (κ1) is 13.1. The highest BCUT2D eigenvalue weighted by molar-refractivity contribution is 5.92. The van der Waals surface area contributed by atoms with Crippen molar-refractivity contribution < 1.29 is 4.79 Å². The molecule has 18 heavy (non-hydrogen) atoms. The van der Waals surface area contributed by atoms with Crippen LogP contribution >= 0.6 is 0 Å². The second-order valence-electron chi connectivity index (χ2n) is 5.18. The molecule has 1 aliphatic rings. The highest BCUT2D eigenvalue weighted by atomic mass is 16.2. The monoisotopic (exact) mass is 246 g/mol. The van der Waals surface area contributed by atoms with Crippen LogP contribution in [0, 0.1) is 6.92 Å². The van der Waals surface area contributed by atoms with Crippen molar-refractivity contribution in [2.45, 2.75) is 39.2 Å². The summed E-state index contributed by atoms with van der Waals surface area (Å²) < 4.78 is 0. The Morgan fingerprint density at radius 3 is 2.89 bits per heavy atom. The lowest BCUT2D eigenvalue weighted by Crippen LogP contribution is -2.42. The van der Waals surface area contributed by atoms with Crippen molar-refractivity contribution in [3.63, 3.8) is 0 Å². The van der Waals surface area contributed by atoms with Gasteiger partial charge in [0.25, 0.3) is 0 Å². The molecule has 1 amide bonds. The lowest BCUT2D eigenvalue weighted by Gasteiger charge is -2.32. The highest BCUT2D eigenvalue weighted by Crippen LogP contribution is 2.17. The summed E-state index contributed by atoms with van der Waals surface area (Å²) in [6, 6.07) is 8.43. The Morgan fingerprint density at radius 1 is 1.39 bits per heavy atom. The Morgan fingerprint density at radius 2 is 2.17 bits per heavy atom. The molecule has 1 saturated heterocycles. The molecule has 1 aromatic carbocycles. The fourth-order valence-electron chi connectivity index (χ4n) is 2.48. The maximum atomic E-state index is 12.0. The third-order valence-electron chi connectivity index (χ3n) is 3.71. The summed E-state index contributed by atoms with van der Waals surface area (Å²) in [6.45, 7) is 5.77. The van der Waals surface area contributed by atoms with E-state index in [1.807, 2.05) is 31.2 Å². The molecule has 1 aromatic rings. The molecule has 0 bridgehead atoms. The number of amides is 1. The van der Waals surface area contributed by atoms with Crippen LogP contribution in [0.25, 0.3) is 0 Å². The van der Waals surface area contributed by atoms with Crippen LogP contribution in [0.3, 0.4) is 0 Å². The van der Waals surface area contributed by atoms with Crippen LogP contribution in [-0.4, -0.2) is 29.9 Å². The molecular formula is C15H22N2O. The van der Waals surface area contributed by atoms with Crippen molar-refractivity contribution in [1.29, 1.82) is 0 Å². The van der Waals surface area contributed by atoms with Gasteiger partial charge in [0.1, 0.15) is 0 Å². The van der Waals surface area contributed by atoms with Gasteiger partial charge in [-0.2, -0.15) is 0 Å². The molecule has 1 N–H and O–H groups in total. The summed E-state index contributed by atoms with van der Waals surface area (Å²) in [4.78, 5) is 14.3. The van der Waals surface area contributed by atoms with E-state index in [2.05, 4.69) is 17.1 Å². The number of benzene rings is 1. The van der Waals surface area contributed by atoms with Crippen LogP contribution in [0.1, 0.15) is 31.7 Å². The number of hydrogen-bond donors (Lipinski definition) is 1. The molecule has 1 atom stereocenters. The lowest BCUT2D eigenvalue weighted by atomic mass is 10.0. The van der Waals surface area contributed by atoms with Gasteiger partial charge in [0, 0.05) is 11.7 Å². The molecule has 98 valence electrons. The molecule has 0 saturated carbocycles. The maximum absolute atomic E-state index is 12.0. The summed E-state index contributed by atoms with van der Waals surface area (Å²) >= 11 is 0. The first-order valence-electron chi connectivity index (χ1n) is 6.76. The van der Waals surface area contributed by atoms with E-state index in [1.165, 1.54) is 19.3 Å². The molecule has 0 unspecified atom stereocenters. The van der Waals surface area contributed by atoms with Gasteiger partial charge < -0.3 is 5.32 Å². The average molecular weight is 246 g/mol. The number of nitrogens with one attached hydrogen (secondary N) is 1. The summed E-state index contributed by atoms with van der Waals surface area (Å²) in [6.07, 6.45) is 3.71. The highest BCUT2D eigenvalue weighted by Gasteiger charge is 2.20. The molecule has 1 aliphatic heterocycles. The quantitative estimate of drug-likeness (QED) is 0.889. The van der Waals surface area contributed by atoms with Gasteiger partial charge in [-0.15, -0.1) is 0 Å². The minimum absolute atomic E-state index is 0.0954. The summed E-state index contributed by atoms with van der Waals surface area (Å²) in [5, 5.41) is 3.00. The Bertz CT molecular complexity index is 417. The standard InChI is InChI=1S/C15H22N2O/c1-12-7-3-4-9-14(12)16-15(18)11-17-10-6-5-8-13(17)2/h3-4,7,9,13H,5-6,8,10-11H2,1-2H3,(H,16,18)/t13-/m1/s1. The maximum Gasteiger partial charge on any atom is 0.238 e. The van der Waals surface area contributed by atoms with Crippen molar-refractivity contribution in [2.24, 2.45) is 0 Å². The topological polar surface area (TPSA) is 32.3 Å². The summed E-state index contributed by atoms with van der Waals surface area (Å²) in [5.41, 5.74) is 2.03. The fraction of sp³-hybridized carbons (Fsp3) is 0.533. The van der Waals surface area contributed by atoms with Crippen LogP contribution in [0.5, 0.6) is 0 Å². The number of rotatable bonds is 3. The molecular weight excluding hydrogens is 224 g/mol. The molecule has 0 radical (unpaired) electrons. The minimum Gasteiger partial charge on any atom is -0.325 e. The van der Waals surface area contributed by atoms with Gasteiger partial charge in [-0.1, -0.05) is 24.6 Å². The fourth-order valence-corrected chi connectivity index (χ4v) is 2.48. The number of para-hydroxylation sites is 1. The second kappa shape index (κ2) is 6.01. The number of piperidine rings is 1. The van der Waals surface area contributed by atoms with Crippen LogP contribution in [0.4, 0.5) is 5.69 Å². The van der Waals surface area contributed by atoms with Crippen molar-refractivity contribution in [1.82, 2.24) is 4.90 Å². The number of carbonyl (C=O) groups is 1. The van der Waals surface area contributed by atoms with Gasteiger partial charge in [0.05, 0.1) is 6.54 Å². The molecule has 2 rings (SSSR count). The zero-order valence-electron chi connectivity index (χ0n) is 11.3. The van der Waals surface area contributed by atoms with Crippen LogP contribution in [-0.2, 0) is 4.79 Å². The predicted octanol–water partition coefficient (Wildman–Crippen LogP) is 2.81. The van der Waals surface area contributed by atoms with E-state index < -0.39 is 0 Å². The second-order valence-corrected chi connectivity index (χ2v) is 5.18. The average Bonchev–Trinajstić information content (AvgIpc) is 2.35. The van der Waals surface area contributed by atoms with Gasteiger partial charge in [-0.05, 0) is 44.9 Å². The zero-order chi connectivity index (χ0) is 13.0. The molecule has 1 fully saturated rings. The normalized spacial score (nSPS) is 20.7. The van der Waals surface area contributed by atoms with E-state index in [1.54, 1.807) is 0 Å². The van der Waals surface area contributed by atoms with E-state index in [-0.39, 0.29) is 5.91 Å². The Balaban J connectivity index is 1.90. The van der Waals surface area contributed by atoms with E-state index >= 15 is 0 Å². The predicted molar refractivity (Wildman–Crippen MR) is 74.7 cm³/mol. The van der Waals surface area contributed by atoms with Gasteiger partial charge in [0.2, 0.25) is 5.91 Å². The SMILES string of the molecule is Cc1ccccc1NC(=O)CN1CCCC[C@H]1C. The molecule has 0 aliphatic carbocycles. The molecule has 0 aromatic heterocycles. The van der Waals surface area contributed by atoms with Gasteiger partial charge in [-0.3, -0.25) is 9.69 Å². The number of anilines is 1. The summed E-state index contributed by atoms with van der Waals surface area (Å²) in [7, 11) is 0. The Hall–Kier alpha value is -1.35. The molecule has 3 heteroatoms. The van der Waals surface area contributed by atoms with Gasteiger partial charge >= 0.3 is 0 Å². The molecule has 1 heterocycles. The Labute approximate surface area is 109 Å². The first-order chi connectivity index (χ1) is 8.66. The van der Waals surface area contributed by atoms with Crippen molar-refractivity contribution in [3.05, 3.63) is 29.8 Å². The largest absolute Gasteiger partial charge is 0.325 e. The number of aryl methyl sites for hydroxylation is 1. The molecule has 0 spiro atoms. The van der Waals surface area contributed by atoms with E-state index in [9.17, 15) is 4.79 Å². The number of nitrogens with zero attached hydrogens (tertiary/aromatic N) is 1. The number of hydrogen-bond acceptors (Lipinski definition) is 2. The number of likely N-dealkylation sites (tertiary alicyclic amines) is 1. The van der Waals surface area contributed by atoms with Crippen LogP contribution in [0.2, 0.25) is 0 Å². The minimum atomic E-state index is 0.0954. The zero-order valence-corrected chi connectivity index (χ0v) is 11.3. The van der Waals surface area contributed by atoms with Crippen LogP contribution < -0.4 is 5.32 Å². The smallest absolute Gasteiger partial charge is 0.238 e. The van der Waals surface area contributed by atoms with Crippen molar-refractivity contribution >= 4 is 11.6 Å². The Kier molecular flexibility index (Phi) is 4.37. The first-order valence-corrected chi connectivity index (χ1v) is 6.76. The molecule has 3 nitrogen and oxygen atoms in total. The van der Waals surface area contributed by atoms with Crippen molar-refractivity contribution in [3.8, 4) is 0 Å². The third kappa shape index (κ3) is 3.33. The van der Waals surface area contributed by atoms with Crippen LogP contribution in [0.15, 0.2) is 24.3 Å². The summed E-state index contributed by atoms with van der Waals surface area (Å²) in [5.74, 6) is 0.0954. The van der Waals surface area contributed by atoms with E-state index in [0.29, 0.717) is 12.6 Å². The van der Waals surface area contributed by atoms with Gasteiger partial charge in [0.15, 0.2) is 0 Å². The van der Waals surface area contributed by atoms with Crippen molar-refractivity contribution in [2.75, 3.05) is 18.4 Å². The number of carbonyl (C=O) groups excluding carboxylic acids is 1.